The van der Waals surface area contributed by atoms with Gasteiger partial charge in [-0.15, -0.1) is 11.3 Å². The van der Waals surface area contributed by atoms with Crippen molar-refractivity contribution in [2.24, 2.45) is 5.73 Å². The maximum Gasteiger partial charge on any atom is 0.416 e. The summed E-state index contributed by atoms with van der Waals surface area (Å²) in [5.41, 5.74) is 5.43. The number of nitrogens with one attached hydrogen (secondary N) is 2. The molecule has 5 nitrogen and oxygen atoms in total. The monoisotopic (exact) mass is 417 g/mol. The second kappa shape index (κ2) is 7.40. The van der Waals surface area contributed by atoms with Crippen LogP contribution < -0.4 is 16.4 Å². The molecule has 3 amide bonds. The highest BCUT2D eigenvalue weighted by Gasteiger charge is 2.31. The van der Waals surface area contributed by atoms with E-state index in [9.17, 15) is 22.8 Å². The van der Waals surface area contributed by atoms with E-state index >= 15 is 0 Å². The van der Waals surface area contributed by atoms with Crippen molar-refractivity contribution >= 4 is 45.6 Å². The van der Waals surface area contributed by atoms with Crippen molar-refractivity contribution in [2.75, 3.05) is 10.6 Å². The van der Waals surface area contributed by atoms with E-state index in [1.54, 1.807) is 0 Å². The maximum atomic E-state index is 12.8. The second-order valence-corrected chi connectivity index (χ2v) is 7.56. The Bertz CT molecular complexity index is 912. The van der Waals surface area contributed by atoms with Gasteiger partial charge in [0.1, 0.15) is 5.00 Å². The van der Waals surface area contributed by atoms with E-state index < -0.39 is 23.7 Å². The van der Waals surface area contributed by atoms with Crippen molar-refractivity contribution in [1.29, 1.82) is 0 Å². The van der Waals surface area contributed by atoms with Gasteiger partial charge in [0, 0.05) is 4.88 Å². The Hall–Kier alpha value is -2.26. The summed E-state index contributed by atoms with van der Waals surface area (Å²) >= 11 is 7.13. The van der Waals surface area contributed by atoms with Crippen LogP contribution in [-0.4, -0.2) is 11.9 Å². The number of carbonyl (C=O) groups is 2. The first-order chi connectivity index (χ1) is 12.7. The number of thiophene rings is 1. The minimum Gasteiger partial charge on any atom is -0.365 e. The number of urea groups is 1. The van der Waals surface area contributed by atoms with Gasteiger partial charge in [-0.3, -0.25) is 10.1 Å². The summed E-state index contributed by atoms with van der Waals surface area (Å²) in [6.07, 6.45) is -1.16. The number of nitrogens with two attached hydrogens (primary N) is 1. The van der Waals surface area contributed by atoms with Crippen molar-refractivity contribution in [3.8, 4) is 0 Å². The summed E-state index contributed by atoms with van der Waals surface area (Å²) in [5.74, 6) is -0.651. The Morgan fingerprint density at radius 1 is 1.15 bits per heavy atom. The van der Waals surface area contributed by atoms with E-state index in [0.717, 1.165) is 47.9 Å². The zero-order chi connectivity index (χ0) is 19.8. The van der Waals surface area contributed by atoms with Gasteiger partial charge in [-0.05, 0) is 49.4 Å². The minimum absolute atomic E-state index is 0.0428. The van der Waals surface area contributed by atoms with E-state index in [1.807, 2.05) is 0 Å². The standard InChI is InChI=1S/C17H15ClF3N3O2S/c18-10-6-5-8(17(19,20)21)7-11(10)23-16(26)24-15-13(14(22)25)9-3-1-2-4-12(9)27-15/h5-7H,1-4H2,(H2,22,25)(H2,23,24,26). The van der Waals surface area contributed by atoms with Crippen molar-refractivity contribution in [3.63, 3.8) is 0 Å². The molecular formula is C17H15ClF3N3O2S. The Kier molecular flexibility index (Phi) is 5.34. The molecule has 0 atom stereocenters. The number of benzene rings is 1. The first-order valence-electron chi connectivity index (χ1n) is 8.06. The zero-order valence-electron chi connectivity index (χ0n) is 13.9. The lowest BCUT2D eigenvalue weighted by atomic mass is 9.95. The lowest BCUT2D eigenvalue weighted by Crippen LogP contribution is -2.22. The van der Waals surface area contributed by atoms with Gasteiger partial charge in [-0.25, -0.2) is 4.79 Å². The largest absolute Gasteiger partial charge is 0.416 e. The molecule has 4 N–H and O–H groups in total. The summed E-state index contributed by atoms with van der Waals surface area (Å²) in [6.45, 7) is 0. The zero-order valence-corrected chi connectivity index (χ0v) is 15.4. The molecule has 27 heavy (non-hydrogen) atoms. The van der Waals surface area contributed by atoms with Crippen LogP contribution in [0.15, 0.2) is 18.2 Å². The molecular weight excluding hydrogens is 403 g/mol. The van der Waals surface area contributed by atoms with Crippen molar-refractivity contribution < 1.29 is 22.8 Å². The molecule has 0 spiro atoms. The normalized spacial score (nSPS) is 13.8. The van der Waals surface area contributed by atoms with Crippen LogP contribution in [0, 0.1) is 0 Å². The number of fused-ring (bicyclic) bond motifs is 1. The van der Waals surface area contributed by atoms with Gasteiger partial charge in [0.25, 0.3) is 5.91 Å². The lowest BCUT2D eigenvalue weighted by Gasteiger charge is -2.12. The number of hydrogen-bond donors (Lipinski definition) is 3. The topological polar surface area (TPSA) is 84.2 Å². The number of primary amides is 1. The molecule has 0 saturated heterocycles. The molecule has 0 radical (unpaired) electrons. The van der Waals surface area contributed by atoms with Gasteiger partial charge in [-0.1, -0.05) is 11.6 Å². The molecule has 1 aliphatic rings. The summed E-state index contributed by atoms with van der Waals surface area (Å²) in [4.78, 5) is 25.1. The fourth-order valence-electron chi connectivity index (χ4n) is 2.97. The molecule has 144 valence electrons. The third-order valence-corrected chi connectivity index (χ3v) is 5.72. The van der Waals surface area contributed by atoms with Crippen molar-refractivity contribution in [2.45, 2.75) is 31.9 Å². The van der Waals surface area contributed by atoms with Gasteiger partial charge >= 0.3 is 12.2 Å². The second-order valence-electron chi connectivity index (χ2n) is 6.05. The summed E-state index contributed by atoms with van der Waals surface area (Å²) in [7, 11) is 0. The molecule has 1 aromatic heterocycles. The highest BCUT2D eigenvalue weighted by molar-refractivity contribution is 7.17. The Morgan fingerprint density at radius 3 is 2.52 bits per heavy atom. The molecule has 0 aliphatic heterocycles. The highest BCUT2D eigenvalue weighted by atomic mass is 35.5. The van der Waals surface area contributed by atoms with E-state index in [1.165, 1.54) is 11.3 Å². The van der Waals surface area contributed by atoms with Crippen LogP contribution in [0.3, 0.4) is 0 Å². The molecule has 10 heteroatoms. The van der Waals surface area contributed by atoms with Crippen LogP contribution in [0.5, 0.6) is 0 Å². The Labute approximate surface area is 161 Å². The molecule has 1 heterocycles. The van der Waals surface area contributed by atoms with Gasteiger partial charge < -0.3 is 11.1 Å². The van der Waals surface area contributed by atoms with Crippen LogP contribution in [0.2, 0.25) is 5.02 Å². The number of amides is 3. The number of aryl methyl sites for hydroxylation is 1. The number of halogens is 4. The summed E-state index contributed by atoms with van der Waals surface area (Å²) < 4.78 is 38.5. The fraction of sp³-hybridized carbons (Fsp3) is 0.294. The van der Waals surface area contributed by atoms with Crippen LogP contribution in [0.1, 0.15) is 39.2 Å². The quantitative estimate of drug-likeness (QED) is 0.653. The molecule has 1 aromatic carbocycles. The van der Waals surface area contributed by atoms with E-state index in [4.69, 9.17) is 17.3 Å². The first kappa shape index (κ1) is 19.5. The SMILES string of the molecule is NC(=O)c1c(NC(=O)Nc2cc(C(F)(F)F)ccc2Cl)sc2c1CCCC2. The average Bonchev–Trinajstić information content (AvgIpc) is 2.93. The fourth-order valence-corrected chi connectivity index (χ4v) is 4.42. The highest BCUT2D eigenvalue weighted by Crippen LogP contribution is 2.38. The minimum atomic E-state index is -4.57. The van der Waals surface area contributed by atoms with Crippen LogP contribution in [0.25, 0.3) is 0 Å². The first-order valence-corrected chi connectivity index (χ1v) is 9.25. The molecule has 0 bridgehead atoms. The van der Waals surface area contributed by atoms with Crippen LogP contribution >= 0.6 is 22.9 Å². The lowest BCUT2D eigenvalue weighted by molar-refractivity contribution is -0.137. The number of carbonyl (C=O) groups excluding carboxylic acids is 2. The van der Waals surface area contributed by atoms with E-state index in [2.05, 4.69) is 10.6 Å². The van der Waals surface area contributed by atoms with Crippen molar-refractivity contribution in [3.05, 3.63) is 44.8 Å². The third kappa shape index (κ3) is 4.19. The van der Waals surface area contributed by atoms with E-state index in [-0.39, 0.29) is 21.3 Å². The predicted octanol–water partition coefficient (Wildman–Crippen LogP) is 5.04. The molecule has 0 saturated carbocycles. The smallest absolute Gasteiger partial charge is 0.365 e. The Balaban J connectivity index is 1.83. The van der Waals surface area contributed by atoms with Crippen molar-refractivity contribution in [1.82, 2.24) is 0 Å². The van der Waals surface area contributed by atoms with Gasteiger partial charge in [0.05, 0.1) is 21.8 Å². The average molecular weight is 418 g/mol. The molecule has 0 fully saturated rings. The third-order valence-electron chi connectivity index (χ3n) is 4.19. The van der Waals surface area contributed by atoms with Gasteiger partial charge in [0.15, 0.2) is 0 Å². The number of anilines is 2. The summed E-state index contributed by atoms with van der Waals surface area (Å²) in [6, 6.07) is 1.82. The van der Waals surface area contributed by atoms with Crippen LogP contribution in [0.4, 0.5) is 28.7 Å². The predicted molar refractivity (Wildman–Crippen MR) is 98.6 cm³/mol. The number of rotatable bonds is 3. The molecule has 3 rings (SSSR count). The number of alkyl halides is 3. The maximum absolute atomic E-state index is 12.8. The van der Waals surface area contributed by atoms with Crippen LogP contribution in [-0.2, 0) is 19.0 Å². The van der Waals surface area contributed by atoms with Gasteiger partial charge in [-0.2, -0.15) is 13.2 Å². The molecule has 0 unspecified atom stereocenters. The van der Waals surface area contributed by atoms with E-state index in [0.29, 0.717) is 6.42 Å². The molecule has 2 aromatic rings. The summed E-state index contributed by atoms with van der Waals surface area (Å²) in [5, 5.41) is 5.05. The molecule has 1 aliphatic carbocycles. The van der Waals surface area contributed by atoms with Gasteiger partial charge in [0.2, 0.25) is 0 Å². The number of hydrogen-bond acceptors (Lipinski definition) is 3. The Morgan fingerprint density at radius 2 is 1.85 bits per heavy atom.